The molecule has 0 radical (unpaired) electrons. The summed E-state index contributed by atoms with van der Waals surface area (Å²) in [6.07, 6.45) is 12.3. The second-order valence-electron chi connectivity index (χ2n) is 18.4. The van der Waals surface area contributed by atoms with Gasteiger partial charge in [0.25, 0.3) is 38.1 Å². The Bertz CT molecular complexity index is 3430. The number of anilines is 1. The van der Waals surface area contributed by atoms with E-state index in [0.717, 1.165) is 84.7 Å². The maximum absolute atomic E-state index is 13.1. The minimum absolute atomic E-state index is 0.0835. The second-order valence-corrected chi connectivity index (χ2v) is 21.6. The van der Waals surface area contributed by atoms with Crippen molar-refractivity contribution in [1.82, 2.24) is 44.1 Å². The molecule has 0 saturated carbocycles. The number of hydrogen-bond acceptors (Lipinski definition) is 17. The molecule has 26 heteroatoms. The Labute approximate surface area is 466 Å². The Kier molecular flexibility index (Phi) is 21.6. The van der Waals surface area contributed by atoms with E-state index < -0.39 is 31.1 Å². The second kappa shape index (κ2) is 28.3. The van der Waals surface area contributed by atoms with Crippen LogP contribution in [0.2, 0.25) is 0 Å². The molecule has 80 heavy (non-hydrogen) atoms. The molecule has 2 aliphatic rings. The zero-order valence-corrected chi connectivity index (χ0v) is 47.8. The van der Waals surface area contributed by atoms with E-state index in [-0.39, 0.29) is 28.2 Å². The number of nitrogens with one attached hydrogen (secondary N) is 2. The number of nitrogens with two attached hydrogens (primary N) is 1. The standard InChI is InChI=1S/C27H34N6O6S.C16H14N2O2.C11H20N4O4S/c1-5-13-33(14-15-38-3)26(34)22-17-24(30-32(22)2)40(36,37)31-27(35)29-25-20-8-6-7-18(20)9-10-21(25)19-11-12-28-23(16-19)39-4;1-19-15-9-12(7-8-18-15)14-6-5-11-3-2-4-13(11)16(14)20-10-17;1-4-5-15(6-7-19-3)11(16)9-8-10(13-14(9)2)20(12,17)18/h9-12,16-17H,5-8,13-15H2,1-4H3,(H2,29,31,35);5-9H,2-4H2,1H3;8H,4-7H2,1-3H3,(H2,12,17,18). The number of carbonyl (C=O) groups excluding carboxylic acids is 3. The van der Waals surface area contributed by atoms with Gasteiger partial charge in [-0.2, -0.15) is 18.6 Å². The quantitative estimate of drug-likeness (QED) is 0.0732. The fourth-order valence-corrected chi connectivity index (χ4v) is 10.6. The molecule has 4 N–H and O–H groups in total. The lowest BCUT2D eigenvalue weighted by Gasteiger charge is -2.21. The molecule has 0 spiro atoms. The molecule has 2 aromatic carbocycles. The van der Waals surface area contributed by atoms with E-state index in [1.165, 1.54) is 48.3 Å². The number of nitriles is 1. The van der Waals surface area contributed by atoms with Crippen LogP contribution in [0, 0.1) is 11.5 Å². The number of methoxy groups -OCH3 is 4. The number of fused-ring (bicyclic) bond motifs is 2. The van der Waals surface area contributed by atoms with Crippen LogP contribution < -0.4 is 29.4 Å². The van der Waals surface area contributed by atoms with E-state index in [0.29, 0.717) is 68.2 Å². The molecular weight excluding hydrogens is 1070 g/mol. The maximum Gasteiger partial charge on any atom is 0.333 e. The maximum atomic E-state index is 13.1. The highest BCUT2D eigenvalue weighted by Crippen LogP contribution is 2.40. The number of hydrogen-bond donors (Lipinski definition) is 3. The van der Waals surface area contributed by atoms with E-state index in [2.05, 4.69) is 31.5 Å². The Morgan fingerprint density at radius 1 is 0.675 bits per heavy atom. The van der Waals surface area contributed by atoms with Crippen molar-refractivity contribution >= 4 is 43.6 Å². The van der Waals surface area contributed by atoms with Gasteiger partial charge in [-0.1, -0.05) is 38.1 Å². The van der Waals surface area contributed by atoms with Crippen LogP contribution in [0.1, 0.15) is 82.8 Å². The molecule has 0 fully saturated rings. The summed E-state index contributed by atoms with van der Waals surface area (Å²) >= 11 is 0. The van der Waals surface area contributed by atoms with Gasteiger partial charge in [0.15, 0.2) is 15.8 Å². The molecule has 4 heterocycles. The Morgan fingerprint density at radius 2 is 1.16 bits per heavy atom. The lowest BCUT2D eigenvalue weighted by Crippen LogP contribution is -2.35. The number of aryl methyl sites for hydroxylation is 4. The van der Waals surface area contributed by atoms with Crippen LogP contribution in [0.3, 0.4) is 0 Å². The highest BCUT2D eigenvalue weighted by molar-refractivity contribution is 7.90. The molecule has 4 aromatic heterocycles. The molecule has 8 rings (SSSR count). The summed E-state index contributed by atoms with van der Waals surface area (Å²) < 4.78 is 78.9. The van der Waals surface area contributed by atoms with Crippen molar-refractivity contribution in [2.45, 2.75) is 75.3 Å². The van der Waals surface area contributed by atoms with Gasteiger partial charge in [0.05, 0.1) is 33.1 Å². The normalized spacial score (nSPS) is 12.3. The lowest BCUT2D eigenvalue weighted by molar-refractivity contribution is 0.0679. The number of benzene rings is 2. The van der Waals surface area contributed by atoms with Gasteiger partial charge in [-0.25, -0.2) is 33.0 Å². The third kappa shape index (κ3) is 15.2. The average Bonchev–Trinajstić information content (AvgIpc) is 4.38. The number of carbonyl (C=O) groups is 3. The van der Waals surface area contributed by atoms with Gasteiger partial charge in [0.2, 0.25) is 11.8 Å². The predicted octanol–water partition coefficient (Wildman–Crippen LogP) is 5.66. The molecule has 24 nitrogen and oxygen atoms in total. The van der Waals surface area contributed by atoms with Gasteiger partial charge in [0, 0.05) is 102 Å². The smallest absolute Gasteiger partial charge is 0.333 e. The van der Waals surface area contributed by atoms with E-state index in [4.69, 9.17) is 34.1 Å². The van der Waals surface area contributed by atoms with E-state index in [1.807, 2.05) is 48.9 Å². The largest absolute Gasteiger partial charge is 0.481 e. The van der Waals surface area contributed by atoms with Gasteiger partial charge in [-0.3, -0.25) is 19.0 Å². The van der Waals surface area contributed by atoms with Gasteiger partial charge < -0.3 is 38.8 Å². The van der Waals surface area contributed by atoms with Crippen LogP contribution in [0.15, 0.2) is 83.1 Å². The molecule has 0 bridgehead atoms. The number of aromatic nitrogens is 6. The summed E-state index contributed by atoms with van der Waals surface area (Å²) in [5.41, 5.74) is 8.60. The van der Waals surface area contributed by atoms with Crippen molar-refractivity contribution in [1.29, 1.82) is 5.26 Å². The summed E-state index contributed by atoms with van der Waals surface area (Å²) in [6, 6.07) is 16.7. The zero-order valence-electron chi connectivity index (χ0n) is 46.1. The van der Waals surface area contributed by atoms with E-state index >= 15 is 0 Å². The molecule has 0 unspecified atom stereocenters. The van der Waals surface area contributed by atoms with Crippen LogP contribution in [0.5, 0.6) is 17.5 Å². The number of nitrogens with zero attached hydrogens (tertiary/aromatic N) is 9. The van der Waals surface area contributed by atoms with Crippen molar-refractivity contribution in [3.8, 4) is 46.0 Å². The third-order valence-corrected chi connectivity index (χ3v) is 15.0. The minimum Gasteiger partial charge on any atom is -0.481 e. The first kappa shape index (κ1) is 61.3. The van der Waals surface area contributed by atoms with Crippen LogP contribution in [0.25, 0.3) is 22.3 Å². The zero-order chi connectivity index (χ0) is 58.1. The number of sulfonamides is 2. The number of amides is 4. The first-order chi connectivity index (χ1) is 38.3. The molecule has 4 amide bonds. The van der Waals surface area contributed by atoms with Gasteiger partial charge >= 0.3 is 6.03 Å². The molecular formula is C54H68N12O12S2. The third-order valence-electron chi connectivity index (χ3n) is 13.0. The minimum atomic E-state index is -4.39. The van der Waals surface area contributed by atoms with Gasteiger partial charge in [-0.15, -0.1) is 5.26 Å². The first-order valence-corrected chi connectivity index (χ1v) is 28.7. The molecule has 0 atom stereocenters. The first-order valence-electron chi connectivity index (χ1n) is 25.7. The fraction of sp³-hybridized carbons (Fsp3) is 0.407. The van der Waals surface area contributed by atoms with Gasteiger partial charge in [-0.05, 0) is 96.9 Å². The summed E-state index contributed by atoms with van der Waals surface area (Å²) in [5.74, 6) is 0.962. The SMILES string of the molecule is CCCN(CCOC)C(=O)c1cc(S(=O)(=O)NC(=O)Nc2c(-c3ccnc(OC)c3)ccc3c2CCC3)nn1C.CCCN(CCOC)C(=O)c1cc(S(N)(=O)=O)nn1C.COc1cc(-c2ccc3c(c2OC#N)CCC3)ccn1. The van der Waals surface area contributed by atoms with Crippen molar-refractivity contribution in [2.75, 3.05) is 73.1 Å². The monoisotopic (exact) mass is 1140 g/mol. The van der Waals surface area contributed by atoms with E-state index in [1.54, 1.807) is 61.9 Å². The Balaban J connectivity index is 0.000000216. The number of ether oxygens (including phenoxy) is 5. The number of rotatable bonds is 21. The molecule has 0 aliphatic heterocycles. The molecule has 428 valence electrons. The lowest BCUT2D eigenvalue weighted by atomic mass is 9.98. The number of pyridine rings is 2. The van der Waals surface area contributed by atoms with Crippen molar-refractivity contribution in [3.63, 3.8) is 0 Å². The van der Waals surface area contributed by atoms with Crippen molar-refractivity contribution in [2.24, 2.45) is 19.2 Å². The van der Waals surface area contributed by atoms with Crippen LogP contribution in [-0.4, -0.2) is 142 Å². The van der Waals surface area contributed by atoms with Crippen LogP contribution in [0.4, 0.5) is 10.5 Å². The van der Waals surface area contributed by atoms with Crippen molar-refractivity contribution < 1.29 is 54.9 Å². The van der Waals surface area contributed by atoms with Gasteiger partial charge in [0.1, 0.15) is 11.4 Å². The Hall–Kier alpha value is -7.96. The summed E-state index contributed by atoms with van der Waals surface area (Å²) in [7, 11) is 0.870. The van der Waals surface area contributed by atoms with Crippen LogP contribution in [-0.2, 0) is 69.3 Å². The predicted molar refractivity (Wildman–Crippen MR) is 296 cm³/mol. The average molecular weight is 1140 g/mol. The Morgan fingerprint density at radius 3 is 1.65 bits per heavy atom. The summed E-state index contributed by atoms with van der Waals surface area (Å²) in [4.78, 5) is 50.0. The summed E-state index contributed by atoms with van der Waals surface area (Å²) in [6.45, 7) is 6.45. The molecule has 2 aliphatic carbocycles. The fourth-order valence-electron chi connectivity index (χ4n) is 9.21. The highest BCUT2D eigenvalue weighted by Gasteiger charge is 2.29. The van der Waals surface area contributed by atoms with E-state index in [9.17, 15) is 31.2 Å². The topological polar surface area (TPSA) is 307 Å². The summed E-state index contributed by atoms with van der Waals surface area (Å²) in [5, 5.41) is 23.7. The molecule has 0 saturated heterocycles. The van der Waals surface area contributed by atoms with Crippen LogP contribution >= 0.6 is 0 Å². The highest BCUT2D eigenvalue weighted by atomic mass is 32.2. The van der Waals surface area contributed by atoms with Crippen molar-refractivity contribution in [3.05, 3.63) is 107 Å². The number of primary sulfonamides is 1. The number of urea groups is 1. The molecule has 6 aromatic rings.